The van der Waals surface area contributed by atoms with Crippen LogP contribution in [-0.2, 0) is 0 Å². The van der Waals surface area contributed by atoms with Crippen LogP contribution in [0.1, 0.15) is 0 Å². The van der Waals surface area contributed by atoms with Gasteiger partial charge in [0.2, 0.25) is 0 Å². The van der Waals surface area contributed by atoms with E-state index in [0.717, 1.165) is 5.39 Å². The summed E-state index contributed by atoms with van der Waals surface area (Å²) >= 11 is 12.3. The van der Waals surface area contributed by atoms with E-state index in [1.807, 2.05) is 18.2 Å². The van der Waals surface area contributed by atoms with Crippen molar-refractivity contribution in [2.24, 2.45) is 0 Å². The van der Waals surface area contributed by atoms with Gasteiger partial charge in [-0.3, -0.25) is 0 Å². The van der Waals surface area contributed by atoms with E-state index >= 15 is 0 Å². The SMILES string of the molecule is Oc1c(Cl)c2nc3ccc(Cl)cc3nc2c2ccccc12. The van der Waals surface area contributed by atoms with Crippen molar-refractivity contribution < 1.29 is 5.11 Å². The molecule has 0 spiro atoms. The lowest BCUT2D eigenvalue weighted by molar-refractivity contribution is 0.482. The zero-order valence-corrected chi connectivity index (χ0v) is 12.2. The van der Waals surface area contributed by atoms with Gasteiger partial charge in [-0.25, -0.2) is 9.97 Å². The van der Waals surface area contributed by atoms with Crippen molar-refractivity contribution >= 4 is 56.0 Å². The smallest absolute Gasteiger partial charge is 0.144 e. The highest BCUT2D eigenvalue weighted by Crippen LogP contribution is 2.39. The molecule has 0 aliphatic heterocycles. The molecule has 0 fully saturated rings. The van der Waals surface area contributed by atoms with Crippen molar-refractivity contribution in [2.75, 3.05) is 0 Å². The van der Waals surface area contributed by atoms with Crippen LogP contribution in [0.25, 0.3) is 32.8 Å². The summed E-state index contributed by atoms with van der Waals surface area (Å²) in [6.07, 6.45) is 0. The van der Waals surface area contributed by atoms with E-state index in [2.05, 4.69) is 9.97 Å². The Labute approximate surface area is 129 Å². The molecule has 3 aromatic carbocycles. The van der Waals surface area contributed by atoms with Crippen molar-refractivity contribution in [1.29, 1.82) is 0 Å². The van der Waals surface area contributed by atoms with Crippen LogP contribution >= 0.6 is 23.2 Å². The number of halogens is 2. The second kappa shape index (κ2) is 4.45. The molecule has 0 radical (unpaired) electrons. The first-order valence-electron chi connectivity index (χ1n) is 6.31. The van der Waals surface area contributed by atoms with Crippen LogP contribution in [0.4, 0.5) is 0 Å². The zero-order chi connectivity index (χ0) is 14.6. The van der Waals surface area contributed by atoms with Gasteiger partial charge in [-0.05, 0) is 18.2 Å². The molecule has 0 bridgehead atoms. The summed E-state index contributed by atoms with van der Waals surface area (Å²) in [4.78, 5) is 9.14. The van der Waals surface area contributed by atoms with E-state index in [4.69, 9.17) is 23.2 Å². The van der Waals surface area contributed by atoms with E-state index < -0.39 is 0 Å². The number of nitrogens with zero attached hydrogens (tertiary/aromatic N) is 2. The van der Waals surface area contributed by atoms with Crippen LogP contribution < -0.4 is 0 Å². The minimum absolute atomic E-state index is 0.0300. The molecule has 5 heteroatoms. The number of phenols is 1. The third-order valence-corrected chi connectivity index (χ3v) is 4.07. The van der Waals surface area contributed by atoms with Gasteiger partial charge in [-0.15, -0.1) is 0 Å². The number of hydrogen-bond donors (Lipinski definition) is 1. The summed E-state index contributed by atoms with van der Waals surface area (Å²) in [5, 5.41) is 12.5. The quantitative estimate of drug-likeness (QED) is 0.369. The average molecular weight is 315 g/mol. The molecular formula is C16H8Cl2N2O. The summed E-state index contributed by atoms with van der Waals surface area (Å²) in [5.41, 5.74) is 2.52. The molecule has 0 saturated carbocycles. The molecule has 1 N–H and O–H groups in total. The van der Waals surface area contributed by atoms with Gasteiger partial charge in [0.1, 0.15) is 16.3 Å². The van der Waals surface area contributed by atoms with E-state index in [0.29, 0.717) is 32.5 Å². The van der Waals surface area contributed by atoms with Crippen LogP contribution in [0.15, 0.2) is 42.5 Å². The topological polar surface area (TPSA) is 46.0 Å². The average Bonchev–Trinajstić information content (AvgIpc) is 2.51. The predicted molar refractivity (Wildman–Crippen MR) is 86.2 cm³/mol. The van der Waals surface area contributed by atoms with Gasteiger partial charge in [0.15, 0.2) is 0 Å². The first-order chi connectivity index (χ1) is 10.1. The number of fused-ring (bicyclic) bond motifs is 4. The van der Waals surface area contributed by atoms with Gasteiger partial charge in [0.25, 0.3) is 0 Å². The molecule has 0 saturated heterocycles. The molecular weight excluding hydrogens is 307 g/mol. The molecule has 0 aliphatic carbocycles. The number of aromatic nitrogens is 2. The van der Waals surface area contributed by atoms with Crippen molar-refractivity contribution in [3.8, 4) is 5.75 Å². The number of benzene rings is 3. The van der Waals surface area contributed by atoms with Crippen molar-refractivity contribution in [2.45, 2.75) is 0 Å². The maximum absolute atomic E-state index is 10.3. The number of phenolic OH excluding ortho intramolecular Hbond substituents is 1. The Morgan fingerprint density at radius 1 is 0.810 bits per heavy atom. The minimum atomic E-state index is 0.0300. The lowest BCUT2D eigenvalue weighted by Gasteiger charge is -2.09. The molecule has 3 nitrogen and oxygen atoms in total. The molecule has 4 rings (SSSR count). The van der Waals surface area contributed by atoms with Gasteiger partial charge in [0.05, 0.1) is 16.6 Å². The van der Waals surface area contributed by atoms with E-state index in [-0.39, 0.29) is 10.8 Å². The summed E-state index contributed by atoms with van der Waals surface area (Å²) in [6, 6.07) is 12.7. The van der Waals surface area contributed by atoms with E-state index in [1.54, 1.807) is 24.3 Å². The summed E-state index contributed by atoms with van der Waals surface area (Å²) in [6.45, 7) is 0. The molecule has 1 aromatic heterocycles. The van der Waals surface area contributed by atoms with Crippen molar-refractivity contribution in [3.63, 3.8) is 0 Å². The van der Waals surface area contributed by atoms with Crippen LogP contribution in [0.2, 0.25) is 10.0 Å². The van der Waals surface area contributed by atoms with Gasteiger partial charge in [-0.1, -0.05) is 47.5 Å². The Hall–Kier alpha value is -2.10. The third-order valence-electron chi connectivity index (χ3n) is 3.48. The maximum Gasteiger partial charge on any atom is 0.144 e. The second-order valence-corrected chi connectivity index (χ2v) is 5.58. The van der Waals surface area contributed by atoms with Crippen LogP contribution in [-0.4, -0.2) is 15.1 Å². The molecule has 0 atom stereocenters. The summed E-state index contributed by atoms with van der Waals surface area (Å²) in [5.74, 6) is 0.0300. The number of rotatable bonds is 0. The van der Waals surface area contributed by atoms with Crippen LogP contribution in [0, 0.1) is 0 Å². The van der Waals surface area contributed by atoms with Gasteiger partial charge < -0.3 is 5.11 Å². The largest absolute Gasteiger partial charge is 0.506 e. The molecule has 1 heterocycles. The monoisotopic (exact) mass is 314 g/mol. The minimum Gasteiger partial charge on any atom is -0.506 e. The Morgan fingerprint density at radius 2 is 1.52 bits per heavy atom. The maximum atomic E-state index is 10.3. The fraction of sp³-hybridized carbons (Fsp3) is 0. The molecule has 0 unspecified atom stereocenters. The summed E-state index contributed by atoms with van der Waals surface area (Å²) in [7, 11) is 0. The Balaban J connectivity index is 2.30. The molecule has 102 valence electrons. The Morgan fingerprint density at radius 3 is 2.33 bits per heavy atom. The number of aromatic hydroxyl groups is 1. The second-order valence-electron chi connectivity index (χ2n) is 4.76. The third kappa shape index (κ3) is 1.82. The molecule has 0 amide bonds. The predicted octanol–water partition coefficient (Wildman–Crippen LogP) is 4.95. The van der Waals surface area contributed by atoms with Crippen molar-refractivity contribution in [1.82, 2.24) is 9.97 Å². The number of hydrogen-bond acceptors (Lipinski definition) is 3. The highest BCUT2D eigenvalue weighted by molar-refractivity contribution is 6.39. The standard InChI is InChI=1S/C16H8Cl2N2O/c17-8-5-6-11-12(7-8)20-14-9-3-1-2-4-10(9)16(21)13(18)15(14)19-11/h1-7,21H. The normalized spacial score (nSPS) is 11.5. The fourth-order valence-electron chi connectivity index (χ4n) is 2.49. The first kappa shape index (κ1) is 12.6. The molecule has 4 aromatic rings. The van der Waals surface area contributed by atoms with E-state index in [9.17, 15) is 5.11 Å². The van der Waals surface area contributed by atoms with Crippen LogP contribution in [0.5, 0.6) is 5.75 Å². The van der Waals surface area contributed by atoms with Gasteiger partial charge >= 0.3 is 0 Å². The fourth-order valence-corrected chi connectivity index (χ4v) is 2.89. The van der Waals surface area contributed by atoms with Crippen molar-refractivity contribution in [3.05, 3.63) is 52.5 Å². The zero-order valence-electron chi connectivity index (χ0n) is 10.6. The highest BCUT2D eigenvalue weighted by atomic mass is 35.5. The molecule has 0 aliphatic rings. The molecule has 21 heavy (non-hydrogen) atoms. The Kier molecular flexibility index (Phi) is 2.67. The van der Waals surface area contributed by atoms with E-state index in [1.165, 1.54) is 0 Å². The Bertz CT molecular complexity index is 1030. The van der Waals surface area contributed by atoms with Gasteiger partial charge in [-0.2, -0.15) is 0 Å². The lowest BCUT2D eigenvalue weighted by atomic mass is 10.1. The first-order valence-corrected chi connectivity index (χ1v) is 7.07. The van der Waals surface area contributed by atoms with Gasteiger partial charge in [0, 0.05) is 15.8 Å². The lowest BCUT2D eigenvalue weighted by Crippen LogP contribution is -1.90. The van der Waals surface area contributed by atoms with Crippen LogP contribution in [0.3, 0.4) is 0 Å². The summed E-state index contributed by atoms with van der Waals surface area (Å²) < 4.78 is 0. The highest BCUT2D eigenvalue weighted by Gasteiger charge is 2.15.